The smallest absolute Gasteiger partial charge is 0.318 e. The monoisotopic (exact) mass is 374 g/mol. The molecule has 1 fully saturated rings. The fourth-order valence-corrected chi connectivity index (χ4v) is 5.55. The van der Waals surface area contributed by atoms with Crippen LogP contribution in [0.2, 0.25) is 0 Å². The summed E-state index contributed by atoms with van der Waals surface area (Å²) < 4.78 is 16.0. The van der Waals surface area contributed by atoms with Crippen molar-refractivity contribution in [2.24, 2.45) is 16.7 Å². The average Bonchev–Trinajstić information content (AvgIpc) is 3.33. The highest BCUT2D eigenvalue weighted by molar-refractivity contribution is 5.87. The molecular formula is C21H26O6. The summed E-state index contributed by atoms with van der Waals surface area (Å²) in [6.07, 6.45) is 6.95. The Morgan fingerprint density at radius 1 is 1.37 bits per heavy atom. The van der Waals surface area contributed by atoms with Crippen molar-refractivity contribution in [2.45, 2.75) is 51.6 Å². The molecule has 1 aliphatic heterocycles. The maximum atomic E-state index is 13.2. The standard InChI is InChI=1S/C21H26O6/c1-13-5-6-15-16(4-3-8-20(15,12-22)18(23)25-2)21(13)10-17(27-19(21)24)14-7-9-26-11-14/h7,9,11,13,17,22H,3-6,8,10,12H2,1-2H3/t13-,17?,20+,21-/m1/s1. The van der Waals surface area contributed by atoms with Crippen molar-refractivity contribution in [3.05, 3.63) is 35.3 Å². The molecule has 6 nitrogen and oxygen atoms in total. The topological polar surface area (TPSA) is 86.0 Å². The van der Waals surface area contributed by atoms with Gasteiger partial charge in [0, 0.05) is 12.0 Å². The molecule has 2 heterocycles. The summed E-state index contributed by atoms with van der Waals surface area (Å²) in [7, 11) is 1.36. The van der Waals surface area contributed by atoms with Crippen LogP contribution in [0.3, 0.4) is 0 Å². The molecule has 1 aromatic heterocycles. The minimum atomic E-state index is -1.02. The second-order valence-corrected chi connectivity index (χ2v) is 8.11. The van der Waals surface area contributed by atoms with E-state index in [1.54, 1.807) is 12.5 Å². The number of aliphatic hydroxyl groups is 1. The van der Waals surface area contributed by atoms with Gasteiger partial charge in [-0.15, -0.1) is 0 Å². The van der Waals surface area contributed by atoms with Crippen molar-refractivity contribution in [1.82, 2.24) is 0 Å². The summed E-state index contributed by atoms with van der Waals surface area (Å²) >= 11 is 0. The highest BCUT2D eigenvalue weighted by atomic mass is 16.6. The predicted octanol–water partition coefficient (Wildman–Crippen LogP) is 3.32. The lowest BCUT2D eigenvalue weighted by Crippen LogP contribution is -2.48. The zero-order valence-corrected chi connectivity index (χ0v) is 15.8. The number of carbonyl (C=O) groups excluding carboxylic acids is 2. The van der Waals surface area contributed by atoms with Crippen LogP contribution in [-0.2, 0) is 19.1 Å². The number of hydrogen-bond donors (Lipinski definition) is 1. The van der Waals surface area contributed by atoms with Crippen molar-refractivity contribution in [3.8, 4) is 0 Å². The Labute approximate surface area is 158 Å². The fraction of sp³-hybridized carbons (Fsp3) is 0.619. The molecule has 1 spiro atoms. The first kappa shape index (κ1) is 18.3. The minimum Gasteiger partial charge on any atom is -0.472 e. The highest BCUT2D eigenvalue weighted by Crippen LogP contribution is 2.61. The van der Waals surface area contributed by atoms with Gasteiger partial charge in [-0.3, -0.25) is 9.59 Å². The van der Waals surface area contributed by atoms with E-state index in [-0.39, 0.29) is 24.6 Å². The quantitative estimate of drug-likeness (QED) is 0.645. The molecule has 0 amide bonds. The average molecular weight is 374 g/mol. The van der Waals surface area contributed by atoms with Gasteiger partial charge in [0.15, 0.2) is 0 Å². The third-order valence-electron chi connectivity index (χ3n) is 7.06. The Bertz CT molecular complexity index is 779. The molecule has 146 valence electrons. The van der Waals surface area contributed by atoms with E-state index in [2.05, 4.69) is 6.92 Å². The number of aliphatic hydroxyl groups excluding tert-OH is 1. The maximum absolute atomic E-state index is 13.2. The molecule has 0 aromatic carbocycles. The van der Waals surface area contributed by atoms with Crippen LogP contribution in [0, 0.1) is 16.7 Å². The largest absolute Gasteiger partial charge is 0.472 e. The Balaban J connectivity index is 1.83. The Morgan fingerprint density at radius 2 is 2.19 bits per heavy atom. The van der Waals surface area contributed by atoms with Crippen molar-refractivity contribution in [3.63, 3.8) is 0 Å². The van der Waals surface area contributed by atoms with Crippen LogP contribution in [0.4, 0.5) is 0 Å². The fourth-order valence-electron chi connectivity index (χ4n) is 5.55. The summed E-state index contributed by atoms with van der Waals surface area (Å²) in [5.41, 5.74) is 1.01. The predicted molar refractivity (Wildman–Crippen MR) is 95.4 cm³/mol. The second-order valence-electron chi connectivity index (χ2n) is 8.11. The van der Waals surface area contributed by atoms with E-state index >= 15 is 0 Å². The Hall–Kier alpha value is -2.08. The van der Waals surface area contributed by atoms with Crippen molar-refractivity contribution in [2.75, 3.05) is 13.7 Å². The number of cyclic esters (lactones) is 1. The van der Waals surface area contributed by atoms with Gasteiger partial charge in [-0.2, -0.15) is 0 Å². The number of ether oxygens (including phenoxy) is 2. The third kappa shape index (κ3) is 2.42. The van der Waals surface area contributed by atoms with Gasteiger partial charge in [0.05, 0.1) is 31.7 Å². The second kappa shape index (κ2) is 6.51. The van der Waals surface area contributed by atoms with Crippen LogP contribution in [-0.4, -0.2) is 30.8 Å². The number of esters is 2. The number of fused-ring (bicyclic) bond motifs is 1. The molecule has 6 heteroatoms. The van der Waals surface area contributed by atoms with E-state index in [4.69, 9.17) is 13.9 Å². The first-order chi connectivity index (χ1) is 13.0. The summed E-state index contributed by atoms with van der Waals surface area (Å²) in [5, 5.41) is 10.2. The van der Waals surface area contributed by atoms with Crippen molar-refractivity contribution in [1.29, 1.82) is 0 Å². The molecule has 1 unspecified atom stereocenters. The number of hydrogen-bond acceptors (Lipinski definition) is 6. The van der Waals surface area contributed by atoms with Crippen LogP contribution in [0.25, 0.3) is 0 Å². The maximum Gasteiger partial charge on any atom is 0.318 e. The molecular weight excluding hydrogens is 348 g/mol. The van der Waals surface area contributed by atoms with Crippen LogP contribution in [0.1, 0.15) is 57.1 Å². The molecule has 27 heavy (non-hydrogen) atoms. The SMILES string of the molecule is COC(=O)[C@]1(CO)CCCC2=C1CC[C@@H](C)[C@]21CC(c2ccoc2)OC1=O. The van der Waals surface area contributed by atoms with Crippen LogP contribution < -0.4 is 0 Å². The lowest BCUT2D eigenvalue weighted by Gasteiger charge is -2.47. The molecule has 1 saturated heterocycles. The zero-order valence-electron chi connectivity index (χ0n) is 15.8. The summed E-state index contributed by atoms with van der Waals surface area (Å²) in [6.45, 7) is 1.80. The van der Waals surface area contributed by atoms with E-state index in [1.165, 1.54) is 7.11 Å². The van der Waals surface area contributed by atoms with Gasteiger partial charge >= 0.3 is 11.9 Å². The van der Waals surface area contributed by atoms with Gasteiger partial charge in [-0.05, 0) is 44.1 Å². The molecule has 0 bridgehead atoms. The normalized spacial score (nSPS) is 35.9. The van der Waals surface area contributed by atoms with Crippen molar-refractivity contribution < 1.29 is 28.6 Å². The van der Waals surface area contributed by atoms with Gasteiger partial charge < -0.3 is 19.0 Å². The molecule has 0 saturated carbocycles. The van der Waals surface area contributed by atoms with Gasteiger partial charge in [-0.25, -0.2) is 0 Å². The van der Waals surface area contributed by atoms with E-state index in [1.807, 2.05) is 6.07 Å². The van der Waals surface area contributed by atoms with E-state index in [0.29, 0.717) is 19.3 Å². The van der Waals surface area contributed by atoms with E-state index in [0.717, 1.165) is 36.0 Å². The first-order valence-electron chi connectivity index (χ1n) is 9.65. The van der Waals surface area contributed by atoms with E-state index in [9.17, 15) is 14.7 Å². The van der Waals surface area contributed by atoms with Gasteiger partial charge in [0.2, 0.25) is 0 Å². The highest BCUT2D eigenvalue weighted by Gasteiger charge is 2.60. The first-order valence-corrected chi connectivity index (χ1v) is 9.65. The molecule has 3 aliphatic rings. The van der Waals surface area contributed by atoms with Gasteiger partial charge in [-0.1, -0.05) is 18.1 Å². The van der Waals surface area contributed by atoms with Crippen LogP contribution in [0.15, 0.2) is 34.2 Å². The lowest BCUT2D eigenvalue weighted by atomic mass is 9.54. The number of carbonyl (C=O) groups is 2. The van der Waals surface area contributed by atoms with Crippen LogP contribution >= 0.6 is 0 Å². The lowest BCUT2D eigenvalue weighted by molar-refractivity contribution is -0.156. The molecule has 0 radical (unpaired) electrons. The summed E-state index contributed by atoms with van der Waals surface area (Å²) in [6, 6.07) is 1.83. The summed E-state index contributed by atoms with van der Waals surface area (Å²) in [4.78, 5) is 25.8. The van der Waals surface area contributed by atoms with Crippen molar-refractivity contribution >= 4 is 11.9 Å². The third-order valence-corrected chi connectivity index (χ3v) is 7.06. The van der Waals surface area contributed by atoms with E-state index < -0.39 is 16.8 Å². The zero-order chi connectivity index (χ0) is 19.2. The van der Waals surface area contributed by atoms with Gasteiger partial charge in [0.25, 0.3) is 0 Å². The summed E-state index contributed by atoms with van der Waals surface area (Å²) in [5.74, 6) is -0.501. The molecule has 4 atom stereocenters. The van der Waals surface area contributed by atoms with Crippen LogP contribution in [0.5, 0.6) is 0 Å². The molecule has 2 aliphatic carbocycles. The number of methoxy groups -OCH3 is 1. The molecule has 4 rings (SSSR count). The van der Waals surface area contributed by atoms with Gasteiger partial charge in [0.1, 0.15) is 11.5 Å². The Kier molecular flexibility index (Phi) is 4.41. The molecule has 1 aromatic rings. The molecule has 1 N–H and O–H groups in total. The number of furan rings is 1. The Morgan fingerprint density at radius 3 is 2.85 bits per heavy atom. The number of rotatable bonds is 3. The minimum absolute atomic E-state index is 0.118.